The van der Waals surface area contributed by atoms with E-state index in [1.54, 1.807) is 0 Å². The highest BCUT2D eigenvalue weighted by molar-refractivity contribution is 6.30. The fraction of sp³-hybridized carbons (Fsp3) is 0.100. The molecule has 0 spiro atoms. The molecule has 0 aliphatic carbocycles. The SMILES string of the molecule is Cc1nc(-c2ccccc2)nc2c(-c3ccc(Cl)cc3)[nH]c(C)c12. The van der Waals surface area contributed by atoms with Gasteiger partial charge >= 0.3 is 0 Å². The Labute approximate surface area is 145 Å². The van der Waals surface area contributed by atoms with Crippen LogP contribution in [0.1, 0.15) is 11.4 Å². The van der Waals surface area contributed by atoms with Crippen LogP contribution < -0.4 is 0 Å². The van der Waals surface area contributed by atoms with Crippen molar-refractivity contribution in [2.45, 2.75) is 13.8 Å². The smallest absolute Gasteiger partial charge is 0.160 e. The van der Waals surface area contributed by atoms with Crippen molar-refractivity contribution in [3.63, 3.8) is 0 Å². The Morgan fingerprint density at radius 1 is 0.833 bits per heavy atom. The minimum absolute atomic E-state index is 0.724. The predicted molar refractivity (Wildman–Crippen MR) is 99.2 cm³/mol. The van der Waals surface area contributed by atoms with Gasteiger partial charge in [0, 0.05) is 27.2 Å². The fourth-order valence-corrected chi connectivity index (χ4v) is 3.18. The average Bonchev–Trinajstić information content (AvgIpc) is 2.93. The van der Waals surface area contributed by atoms with E-state index in [9.17, 15) is 0 Å². The molecule has 0 saturated carbocycles. The molecule has 4 aromatic rings. The summed E-state index contributed by atoms with van der Waals surface area (Å²) < 4.78 is 0. The maximum absolute atomic E-state index is 6.02. The third-order valence-corrected chi connectivity index (χ3v) is 4.43. The van der Waals surface area contributed by atoms with Crippen molar-refractivity contribution in [1.82, 2.24) is 15.0 Å². The van der Waals surface area contributed by atoms with E-state index in [1.807, 2.05) is 61.5 Å². The van der Waals surface area contributed by atoms with E-state index >= 15 is 0 Å². The maximum Gasteiger partial charge on any atom is 0.160 e. The Morgan fingerprint density at radius 2 is 1.54 bits per heavy atom. The van der Waals surface area contributed by atoms with E-state index in [2.05, 4.69) is 11.9 Å². The number of halogens is 1. The molecule has 1 N–H and O–H groups in total. The Morgan fingerprint density at radius 3 is 2.25 bits per heavy atom. The molecule has 0 atom stereocenters. The zero-order valence-corrected chi connectivity index (χ0v) is 14.2. The summed E-state index contributed by atoms with van der Waals surface area (Å²) in [5, 5.41) is 1.81. The molecule has 0 unspecified atom stereocenters. The fourth-order valence-electron chi connectivity index (χ4n) is 3.05. The standard InChI is InChI=1S/C20H16ClN3/c1-12-17-13(2)23-20(15-6-4-3-5-7-15)24-19(17)18(22-12)14-8-10-16(21)11-9-14/h3-11,22H,1-2H3. The first kappa shape index (κ1) is 14.9. The van der Waals surface area contributed by atoms with Crippen molar-refractivity contribution < 1.29 is 0 Å². The number of nitrogens with zero attached hydrogens (tertiary/aromatic N) is 2. The van der Waals surface area contributed by atoms with Crippen molar-refractivity contribution in [3.8, 4) is 22.6 Å². The van der Waals surface area contributed by atoms with E-state index < -0.39 is 0 Å². The molecule has 0 fully saturated rings. The highest BCUT2D eigenvalue weighted by atomic mass is 35.5. The van der Waals surface area contributed by atoms with Crippen LogP contribution in [0.4, 0.5) is 0 Å². The van der Waals surface area contributed by atoms with Crippen LogP contribution >= 0.6 is 11.6 Å². The zero-order valence-electron chi connectivity index (χ0n) is 13.5. The highest BCUT2D eigenvalue weighted by Crippen LogP contribution is 2.32. The van der Waals surface area contributed by atoms with Crippen molar-refractivity contribution >= 4 is 22.5 Å². The van der Waals surface area contributed by atoms with E-state index in [-0.39, 0.29) is 0 Å². The van der Waals surface area contributed by atoms with Gasteiger partial charge in [-0.05, 0) is 26.0 Å². The van der Waals surface area contributed by atoms with Crippen LogP contribution in [0.15, 0.2) is 54.6 Å². The first-order valence-electron chi connectivity index (χ1n) is 7.82. The molecule has 0 amide bonds. The lowest BCUT2D eigenvalue weighted by Gasteiger charge is -2.05. The number of nitrogens with one attached hydrogen (secondary N) is 1. The number of aryl methyl sites for hydroxylation is 2. The number of hydrogen-bond acceptors (Lipinski definition) is 2. The number of aromatic nitrogens is 3. The Balaban J connectivity index is 1.98. The van der Waals surface area contributed by atoms with Gasteiger partial charge in [0.05, 0.1) is 11.4 Å². The quantitative estimate of drug-likeness (QED) is 0.521. The first-order chi connectivity index (χ1) is 11.6. The van der Waals surface area contributed by atoms with Crippen LogP contribution in [-0.2, 0) is 0 Å². The number of hydrogen-bond donors (Lipinski definition) is 1. The van der Waals surface area contributed by atoms with E-state index in [4.69, 9.17) is 21.6 Å². The molecular weight excluding hydrogens is 318 g/mol. The minimum Gasteiger partial charge on any atom is -0.356 e. The molecule has 0 aliphatic rings. The number of fused-ring (bicyclic) bond motifs is 1. The second-order valence-electron chi connectivity index (χ2n) is 5.85. The van der Waals surface area contributed by atoms with Gasteiger partial charge in [-0.25, -0.2) is 9.97 Å². The molecule has 2 aromatic carbocycles. The van der Waals surface area contributed by atoms with Gasteiger partial charge in [0.2, 0.25) is 0 Å². The second-order valence-corrected chi connectivity index (χ2v) is 6.29. The Hall–Kier alpha value is -2.65. The topological polar surface area (TPSA) is 41.6 Å². The van der Waals surface area contributed by atoms with Crippen LogP contribution in [0.5, 0.6) is 0 Å². The molecule has 0 bridgehead atoms. The van der Waals surface area contributed by atoms with Gasteiger partial charge in [0.15, 0.2) is 5.82 Å². The van der Waals surface area contributed by atoms with Gasteiger partial charge in [-0.2, -0.15) is 0 Å². The molecular formula is C20H16ClN3. The van der Waals surface area contributed by atoms with Crippen LogP contribution in [0.2, 0.25) is 5.02 Å². The van der Waals surface area contributed by atoms with Crippen LogP contribution in [-0.4, -0.2) is 15.0 Å². The predicted octanol–water partition coefficient (Wildman–Crippen LogP) is 5.56. The number of H-pyrrole nitrogens is 1. The average molecular weight is 334 g/mol. The third kappa shape index (κ3) is 2.47. The lowest BCUT2D eigenvalue weighted by atomic mass is 10.1. The summed E-state index contributed by atoms with van der Waals surface area (Å²) in [7, 11) is 0. The molecule has 0 aliphatic heterocycles. The molecule has 0 saturated heterocycles. The number of aromatic amines is 1. The summed E-state index contributed by atoms with van der Waals surface area (Å²) in [5.41, 5.74) is 6.08. The lowest BCUT2D eigenvalue weighted by Crippen LogP contribution is -1.93. The molecule has 2 heterocycles. The first-order valence-corrected chi connectivity index (χ1v) is 8.19. The Bertz CT molecular complexity index is 1020. The molecule has 4 heteroatoms. The molecule has 3 nitrogen and oxygen atoms in total. The van der Waals surface area contributed by atoms with Gasteiger partial charge in [0.1, 0.15) is 5.52 Å². The van der Waals surface area contributed by atoms with Crippen molar-refractivity contribution in [3.05, 3.63) is 71.0 Å². The normalized spacial score (nSPS) is 11.1. The molecule has 2 aromatic heterocycles. The largest absolute Gasteiger partial charge is 0.356 e. The lowest BCUT2D eigenvalue weighted by molar-refractivity contribution is 1.16. The Kier molecular flexibility index (Phi) is 3.58. The van der Waals surface area contributed by atoms with E-state index in [0.717, 1.165) is 50.0 Å². The van der Waals surface area contributed by atoms with Crippen molar-refractivity contribution in [2.75, 3.05) is 0 Å². The molecule has 24 heavy (non-hydrogen) atoms. The van der Waals surface area contributed by atoms with Gasteiger partial charge in [-0.15, -0.1) is 0 Å². The van der Waals surface area contributed by atoms with Gasteiger partial charge < -0.3 is 4.98 Å². The van der Waals surface area contributed by atoms with Gasteiger partial charge in [-0.3, -0.25) is 0 Å². The molecule has 118 valence electrons. The highest BCUT2D eigenvalue weighted by Gasteiger charge is 2.16. The summed E-state index contributed by atoms with van der Waals surface area (Å²) >= 11 is 6.02. The van der Waals surface area contributed by atoms with E-state index in [1.165, 1.54) is 0 Å². The third-order valence-electron chi connectivity index (χ3n) is 4.18. The van der Waals surface area contributed by atoms with Crippen LogP contribution in [0, 0.1) is 13.8 Å². The van der Waals surface area contributed by atoms with Crippen LogP contribution in [0.3, 0.4) is 0 Å². The monoisotopic (exact) mass is 333 g/mol. The van der Waals surface area contributed by atoms with Crippen LogP contribution in [0.25, 0.3) is 33.5 Å². The van der Waals surface area contributed by atoms with Crippen molar-refractivity contribution in [2.24, 2.45) is 0 Å². The molecule has 4 rings (SSSR count). The maximum atomic E-state index is 6.02. The van der Waals surface area contributed by atoms with Gasteiger partial charge in [-0.1, -0.05) is 54.1 Å². The zero-order chi connectivity index (χ0) is 16.7. The summed E-state index contributed by atoms with van der Waals surface area (Å²) in [6.07, 6.45) is 0. The summed E-state index contributed by atoms with van der Waals surface area (Å²) in [6, 6.07) is 17.9. The number of rotatable bonds is 2. The van der Waals surface area contributed by atoms with Gasteiger partial charge in [0.25, 0.3) is 0 Å². The van der Waals surface area contributed by atoms with E-state index in [0.29, 0.717) is 0 Å². The summed E-state index contributed by atoms with van der Waals surface area (Å²) in [4.78, 5) is 13.0. The molecule has 0 radical (unpaired) electrons. The van der Waals surface area contributed by atoms with Crippen molar-refractivity contribution in [1.29, 1.82) is 0 Å². The summed E-state index contributed by atoms with van der Waals surface area (Å²) in [5.74, 6) is 0.745. The second kappa shape index (κ2) is 5.77. The number of benzene rings is 2. The summed E-state index contributed by atoms with van der Waals surface area (Å²) in [6.45, 7) is 4.09. The minimum atomic E-state index is 0.724.